The van der Waals surface area contributed by atoms with E-state index in [0.29, 0.717) is 24.6 Å². The second-order valence-corrected chi connectivity index (χ2v) is 10.4. The van der Waals surface area contributed by atoms with Crippen LogP contribution in [0.15, 0.2) is 52.6 Å². The molecule has 3 aliphatic rings. The summed E-state index contributed by atoms with van der Waals surface area (Å²) in [6.45, 7) is 1.17. The number of piperazine rings is 1. The number of nitrogens with one attached hydrogen (secondary N) is 1. The number of nitrogens with zero attached hydrogens (tertiary/aromatic N) is 4. The van der Waals surface area contributed by atoms with Crippen molar-refractivity contribution in [1.29, 1.82) is 0 Å². The first-order chi connectivity index (χ1) is 15.6. The van der Waals surface area contributed by atoms with Gasteiger partial charge in [0.2, 0.25) is 10.0 Å². The van der Waals surface area contributed by atoms with E-state index in [1.807, 2.05) is 0 Å². The van der Waals surface area contributed by atoms with Crippen molar-refractivity contribution in [3.63, 3.8) is 0 Å². The third kappa shape index (κ3) is 3.75. The Kier molecular flexibility index (Phi) is 5.14. The van der Waals surface area contributed by atoms with Crippen LogP contribution in [0.25, 0.3) is 0 Å². The fraction of sp³-hybridized carbons (Fsp3) is 0.429. The standard InChI is InChI=1S/C21H23F3N6O2S/c22-21(23,24)15-3-5-16(6-4-15)33(31,32)30-11-9-29(10-12-30)20(14-1-2-14)19(25)27-17-7-8-26-13-18(17)28-20/h3-8,13-14,28H,1-2,9-12H2,(H2,25,27). The number of halogens is 3. The highest BCUT2D eigenvalue weighted by Gasteiger charge is 2.55. The SMILES string of the molecule is NC1=Nc2ccncc2NC1(C1CC1)N1CCN(S(=O)(=O)c2ccc(C(F)(F)F)cc2)CC1. The van der Waals surface area contributed by atoms with Crippen LogP contribution in [0.1, 0.15) is 18.4 Å². The number of benzene rings is 1. The highest BCUT2D eigenvalue weighted by Crippen LogP contribution is 2.47. The number of fused-ring (bicyclic) bond motifs is 1. The first kappa shape index (κ1) is 22.1. The highest BCUT2D eigenvalue weighted by molar-refractivity contribution is 7.89. The molecule has 1 aromatic carbocycles. The molecule has 2 aliphatic heterocycles. The van der Waals surface area contributed by atoms with E-state index in [1.165, 1.54) is 4.31 Å². The van der Waals surface area contributed by atoms with Gasteiger partial charge in [0, 0.05) is 38.3 Å². The smallest absolute Gasteiger partial charge is 0.384 e. The van der Waals surface area contributed by atoms with Gasteiger partial charge in [0.1, 0.15) is 5.84 Å². The monoisotopic (exact) mass is 480 g/mol. The van der Waals surface area contributed by atoms with E-state index in [9.17, 15) is 21.6 Å². The molecule has 3 N–H and O–H groups in total. The Morgan fingerprint density at radius 1 is 1.06 bits per heavy atom. The molecule has 1 saturated heterocycles. The minimum Gasteiger partial charge on any atom is -0.384 e. The molecule has 33 heavy (non-hydrogen) atoms. The fourth-order valence-electron chi connectivity index (χ4n) is 4.62. The van der Waals surface area contributed by atoms with Gasteiger partial charge >= 0.3 is 6.18 Å². The molecule has 8 nitrogen and oxygen atoms in total. The number of amidine groups is 1. The van der Waals surface area contributed by atoms with Crippen LogP contribution >= 0.6 is 0 Å². The number of hydrogen-bond acceptors (Lipinski definition) is 7. The molecule has 0 spiro atoms. The molecular weight excluding hydrogens is 457 g/mol. The number of aliphatic imine (C=N–C) groups is 1. The second-order valence-electron chi connectivity index (χ2n) is 8.47. The van der Waals surface area contributed by atoms with Crippen molar-refractivity contribution in [2.75, 3.05) is 31.5 Å². The highest BCUT2D eigenvalue weighted by atomic mass is 32.2. The number of sulfonamides is 1. The lowest BCUT2D eigenvalue weighted by molar-refractivity contribution is -0.137. The van der Waals surface area contributed by atoms with Crippen LogP contribution < -0.4 is 11.1 Å². The summed E-state index contributed by atoms with van der Waals surface area (Å²) in [5.74, 6) is 0.690. The summed E-state index contributed by atoms with van der Waals surface area (Å²) in [7, 11) is -3.92. The summed E-state index contributed by atoms with van der Waals surface area (Å²) in [6, 6.07) is 5.38. The van der Waals surface area contributed by atoms with Crippen molar-refractivity contribution in [2.45, 2.75) is 29.6 Å². The maximum absolute atomic E-state index is 13.0. The Morgan fingerprint density at radius 3 is 2.33 bits per heavy atom. The van der Waals surface area contributed by atoms with E-state index in [-0.39, 0.29) is 23.9 Å². The van der Waals surface area contributed by atoms with Crippen LogP contribution in [0.2, 0.25) is 0 Å². The van der Waals surface area contributed by atoms with Gasteiger partial charge in [-0.15, -0.1) is 0 Å². The van der Waals surface area contributed by atoms with Crippen LogP contribution in [0.4, 0.5) is 24.5 Å². The van der Waals surface area contributed by atoms with E-state index >= 15 is 0 Å². The van der Waals surface area contributed by atoms with Crippen LogP contribution in [0.3, 0.4) is 0 Å². The van der Waals surface area contributed by atoms with Crippen LogP contribution in [-0.2, 0) is 16.2 Å². The van der Waals surface area contributed by atoms with Gasteiger partial charge in [-0.05, 0) is 43.2 Å². The number of nitrogens with two attached hydrogens (primary N) is 1. The number of aromatic nitrogens is 1. The van der Waals surface area contributed by atoms with Crippen molar-refractivity contribution >= 4 is 27.2 Å². The lowest BCUT2D eigenvalue weighted by Gasteiger charge is -2.49. The molecular formula is C21H23F3N6O2S. The molecule has 176 valence electrons. The second kappa shape index (κ2) is 7.67. The molecule has 1 aliphatic carbocycles. The fourth-order valence-corrected chi connectivity index (χ4v) is 6.05. The van der Waals surface area contributed by atoms with Crippen molar-refractivity contribution in [3.8, 4) is 0 Å². The average molecular weight is 481 g/mol. The average Bonchev–Trinajstić information content (AvgIpc) is 3.64. The van der Waals surface area contributed by atoms with Crippen molar-refractivity contribution in [3.05, 3.63) is 48.3 Å². The van der Waals surface area contributed by atoms with Gasteiger partial charge in [-0.1, -0.05) is 0 Å². The quantitative estimate of drug-likeness (QED) is 0.697. The molecule has 1 saturated carbocycles. The minimum absolute atomic E-state index is 0.155. The number of pyridine rings is 1. The number of rotatable bonds is 4. The summed E-state index contributed by atoms with van der Waals surface area (Å²) in [5, 5.41) is 3.53. The number of alkyl halides is 3. The zero-order chi connectivity index (χ0) is 23.4. The van der Waals surface area contributed by atoms with Crippen LogP contribution in [-0.4, -0.2) is 60.3 Å². The van der Waals surface area contributed by atoms with E-state index in [1.54, 1.807) is 18.5 Å². The molecule has 0 amide bonds. The molecule has 5 rings (SSSR count). The molecule has 2 aromatic rings. The topological polar surface area (TPSA) is 104 Å². The van der Waals surface area contributed by atoms with E-state index in [4.69, 9.17) is 5.73 Å². The minimum atomic E-state index is -4.52. The van der Waals surface area contributed by atoms with Gasteiger partial charge in [0.25, 0.3) is 0 Å². The summed E-state index contributed by atoms with van der Waals surface area (Å²) in [6.07, 6.45) is 0.777. The lowest BCUT2D eigenvalue weighted by atomic mass is 9.96. The van der Waals surface area contributed by atoms with Crippen LogP contribution in [0.5, 0.6) is 0 Å². The van der Waals surface area contributed by atoms with Gasteiger partial charge in [0.15, 0.2) is 5.66 Å². The molecule has 0 radical (unpaired) electrons. The maximum Gasteiger partial charge on any atom is 0.416 e. The lowest BCUT2D eigenvalue weighted by Crippen LogP contribution is -2.68. The molecule has 1 atom stereocenters. The van der Waals surface area contributed by atoms with Gasteiger partial charge in [-0.3, -0.25) is 9.88 Å². The third-order valence-corrected chi connectivity index (χ3v) is 8.39. The van der Waals surface area contributed by atoms with Gasteiger partial charge in [0.05, 0.1) is 28.0 Å². The number of anilines is 1. The van der Waals surface area contributed by atoms with Gasteiger partial charge < -0.3 is 11.1 Å². The predicted molar refractivity (Wildman–Crippen MR) is 116 cm³/mol. The van der Waals surface area contributed by atoms with Crippen molar-refractivity contribution in [2.24, 2.45) is 16.6 Å². The number of hydrogen-bond donors (Lipinski definition) is 2. The molecule has 1 aromatic heterocycles. The molecule has 0 bridgehead atoms. The summed E-state index contributed by atoms with van der Waals surface area (Å²) in [4.78, 5) is 10.7. The zero-order valence-electron chi connectivity index (χ0n) is 17.6. The van der Waals surface area contributed by atoms with Crippen LogP contribution in [0, 0.1) is 5.92 Å². The Morgan fingerprint density at radius 2 is 1.73 bits per heavy atom. The zero-order valence-corrected chi connectivity index (χ0v) is 18.4. The van der Waals surface area contributed by atoms with E-state index in [2.05, 4.69) is 20.2 Å². The maximum atomic E-state index is 13.0. The summed E-state index contributed by atoms with van der Waals surface area (Å²) >= 11 is 0. The van der Waals surface area contributed by atoms with Crippen molar-refractivity contribution in [1.82, 2.24) is 14.2 Å². The molecule has 1 unspecified atom stereocenters. The first-order valence-electron chi connectivity index (χ1n) is 10.6. The Hall–Kier alpha value is -2.70. The summed E-state index contributed by atoms with van der Waals surface area (Å²) < 4.78 is 65.9. The Labute approximate surface area is 189 Å². The Balaban J connectivity index is 1.35. The predicted octanol–water partition coefficient (Wildman–Crippen LogP) is 2.63. The Bertz CT molecular complexity index is 1190. The van der Waals surface area contributed by atoms with Crippen molar-refractivity contribution < 1.29 is 21.6 Å². The molecule has 3 heterocycles. The summed E-state index contributed by atoms with van der Waals surface area (Å²) in [5.41, 5.74) is 6.36. The molecule has 2 fully saturated rings. The van der Waals surface area contributed by atoms with E-state index < -0.39 is 27.4 Å². The molecule has 12 heteroatoms. The largest absolute Gasteiger partial charge is 0.416 e. The van der Waals surface area contributed by atoms with Gasteiger partial charge in [-0.2, -0.15) is 17.5 Å². The third-order valence-electron chi connectivity index (χ3n) is 6.48. The van der Waals surface area contributed by atoms with E-state index in [0.717, 1.165) is 42.8 Å². The first-order valence-corrected chi connectivity index (χ1v) is 12.1. The normalized spacial score (nSPS) is 24.6. The van der Waals surface area contributed by atoms with Gasteiger partial charge in [-0.25, -0.2) is 13.4 Å².